The molecule has 9 heteroatoms. The first-order valence-corrected chi connectivity index (χ1v) is 15.3. The number of carbonyl (C=O) groups excluding carboxylic acids is 3. The third kappa shape index (κ3) is 10.8. The SMILES string of the molecule is CCCCCCN(C(=O)C(CCSC)NC(=O)OC(C)(C)C)C(C(=O)Nc1ccccc1C)c1cccc(O)c1. The van der Waals surface area contributed by atoms with Gasteiger partial charge in [0, 0.05) is 12.2 Å². The zero-order valence-electron chi connectivity index (χ0n) is 24.7. The molecule has 3 N–H and O–H groups in total. The van der Waals surface area contributed by atoms with E-state index in [4.69, 9.17) is 4.74 Å². The molecular weight excluding hydrogens is 526 g/mol. The van der Waals surface area contributed by atoms with Crippen LogP contribution in [-0.4, -0.2) is 58.1 Å². The lowest BCUT2D eigenvalue weighted by Gasteiger charge is -2.34. The summed E-state index contributed by atoms with van der Waals surface area (Å²) in [5.41, 5.74) is 1.28. The molecular formula is C31H45N3O5S. The molecule has 0 saturated heterocycles. The van der Waals surface area contributed by atoms with Gasteiger partial charge in [0.25, 0.3) is 5.91 Å². The van der Waals surface area contributed by atoms with E-state index < -0.39 is 29.7 Å². The second-order valence-corrected chi connectivity index (χ2v) is 11.9. The van der Waals surface area contributed by atoms with Gasteiger partial charge < -0.3 is 25.4 Å². The molecule has 2 aromatic rings. The lowest BCUT2D eigenvalue weighted by molar-refractivity contribution is -0.141. The molecule has 2 aromatic carbocycles. The molecule has 2 unspecified atom stereocenters. The predicted octanol–water partition coefficient (Wildman–Crippen LogP) is 6.44. The number of amides is 3. The first-order chi connectivity index (χ1) is 19.0. The number of ether oxygens (including phenoxy) is 1. The number of phenolic OH excluding ortho intramolecular Hbond substituents is 1. The van der Waals surface area contributed by atoms with Crippen molar-refractivity contribution in [1.29, 1.82) is 0 Å². The Morgan fingerprint density at radius 1 is 1.05 bits per heavy atom. The van der Waals surface area contributed by atoms with Gasteiger partial charge in [0.05, 0.1) is 0 Å². The number of rotatable bonds is 14. The zero-order valence-corrected chi connectivity index (χ0v) is 25.5. The molecule has 2 rings (SSSR count). The molecule has 0 aliphatic rings. The van der Waals surface area contributed by atoms with Gasteiger partial charge in [-0.25, -0.2) is 4.79 Å². The van der Waals surface area contributed by atoms with Crippen molar-refractivity contribution in [1.82, 2.24) is 10.2 Å². The number of para-hydroxylation sites is 1. The van der Waals surface area contributed by atoms with Gasteiger partial charge in [0.2, 0.25) is 5.91 Å². The van der Waals surface area contributed by atoms with E-state index in [-0.39, 0.29) is 11.7 Å². The Hall–Kier alpha value is -3.20. The first-order valence-electron chi connectivity index (χ1n) is 13.9. The molecule has 0 aromatic heterocycles. The normalized spacial score (nSPS) is 12.8. The fraction of sp³-hybridized carbons (Fsp3) is 0.516. The fourth-order valence-corrected chi connectivity index (χ4v) is 4.77. The van der Waals surface area contributed by atoms with Crippen LogP contribution in [0.15, 0.2) is 48.5 Å². The Morgan fingerprint density at radius 2 is 1.77 bits per heavy atom. The van der Waals surface area contributed by atoms with Gasteiger partial charge >= 0.3 is 6.09 Å². The van der Waals surface area contributed by atoms with E-state index in [9.17, 15) is 19.5 Å². The van der Waals surface area contributed by atoms with E-state index in [1.165, 1.54) is 12.1 Å². The number of nitrogens with one attached hydrogen (secondary N) is 2. The van der Waals surface area contributed by atoms with Crippen LogP contribution in [0.5, 0.6) is 5.75 Å². The zero-order chi connectivity index (χ0) is 29.7. The van der Waals surface area contributed by atoms with Crippen LogP contribution < -0.4 is 10.6 Å². The second kappa shape index (κ2) is 16.2. The van der Waals surface area contributed by atoms with E-state index in [1.807, 2.05) is 37.4 Å². The first kappa shape index (κ1) is 33.0. The Bertz CT molecular complexity index is 1120. The molecule has 0 fully saturated rings. The predicted molar refractivity (Wildman–Crippen MR) is 163 cm³/mol. The van der Waals surface area contributed by atoms with Crippen molar-refractivity contribution < 1.29 is 24.2 Å². The average molecular weight is 572 g/mol. The summed E-state index contributed by atoms with van der Waals surface area (Å²) in [4.78, 5) is 42.5. The molecule has 8 nitrogen and oxygen atoms in total. The highest BCUT2D eigenvalue weighted by Crippen LogP contribution is 2.28. The molecule has 2 atom stereocenters. The van der Waals surface area contributed by atoms with Gasteiger partial charge in [0.1, 0.15) is 23.4 Å². The van der Waals surface area contributed by atoms with E-state index in [1.54, 1.807) is 49.6 Å². The van der Waals surface area contributed by atoms with Crippen LogP contribution in [-0.2, 0) is 14.3 Å². The maximum Gasteiger partial charge on any atom is 0.408 e. The van der Waals surface area contributed by atoms with Gasteiger partial charge in [-0.05, 0) is 81.9 Å². The minimum atomic E-state index is -1.03. The number of thioether (sulfide) groups is 1. The summed E-state index contributed by atoms with van der Waals surface area (Å²) in [6, 6.07) is 11.9. The maximum absolute atomic E-state index is 14.2. The largest absolute Gasteiger partial charge is 0.508 e. The van der Waals surface area contributed by atoms with Crippen molar-refractivity contribution in [3.63, 3.8) is 0 Å². The van der Waals surface area contributed by atoms with Crippen molar-refractivity contribution in [2.75, 3.05) is 23.9 Å². The lowest BCUT2D eigenvalue weighted by Crippen LogP contribution is -2.52. The number of phenols is 1. The van der Waals surface area contributed by atoms with E-state index in [2.05, 4.69) is 17.6 Å². The van der Waals surface area contributed by atoms with Crippen LogP contribution in [0.2, 0.25) is 0 Å². The Labute approximate surface area is 243 Å². The lowest BCUT2D eigenvalue weighted by atomic mass is 10.0. The number of aryl methyl sites for hydroxylation is 1. The molecule has 0 spiro atoms. The average Bonchev–Trinajstić information content (AvgIpc) is 2.88. The van der Waals surface area contributed by atoms with Crippen molar-refractivity contribution in [3.8, 4) is 5.75 Å². The minimum absolute atomic E-state index is 0.00427. The van der Waals surface area contributed by atoms with E-state index >= 15 is 0 Å². The highest BCUT2D eigenvalue weighted by molar-refractivity contribution is 7.98. The number of unbranched alkanes of at least 4 members (excludes halogenated alkanes) is 3. The third-order valence-corrected chi connectivity index (χ3v) is 6.93. The summed E-state index contributed by atoms with van der Waals surface area (Å²) >= 11 is 1.56. The van der Waals surface area contributed by atoms with Crippen LogP contribution in [0, 0.1) is 6.92 Å². The van der Waals surface area contributed by atoms with E-state index in [0.717, 1.165) is 24.8 Å². The molecule has 0 radical (unpaired) electrons. The van der Waals surface area contributed by atoms with Crippen LogP contribution in [0.3, 0.4) is 0 Å². The summed E-state index contributed by atoms with van der Waals surface area (Å²) in [6.45, 7) is 9.61. The van der Waals surface area contributed by atoms with Crippen molar-refractivity contribution in [3.05, 3.63) is 59.7 Å². The van der Waals surface area contributed by atoms with E-state index in [0.29, 0.717) is 36.4 Å². The van der Waals surface area contributed by atoms with Gasteiger partial charge in [0.15, 0.2) is 0 Å². The fourth-order valence-electron chi connectivity index (χ4n) is 4.30. The number of hydrogen-bond acceptors (Lipinski definition) is 6. The highest BCUT2D eigenvalue weighted by atomic mass is 32.2. The maximum atomic E-state index is 14.2. The molecule has 0 aliphatic heterocycles. The Balaban J connectivity index is 2.53. The molecule has 0 heterocycles. The molecule has 40 heavy (non-hydrogen) atoms. The number of benzene rings is 2. The number of carbonyl (C=O) groups is 3. The van der Waals surface area contributed by atoms with Crippen molar-refractivity contribution in [2.45, 2.75) is 84.4 Å². The Morgan fingerprint density at radius 3 is 2.40 bits per heavy atom. The van der Waals surface area contributed by atoms with Crippen molar-refractivity contribution >= 4 is 35.4 Å². The number of aromatic hydroxyl groups is 1. The molecule has 3 amide bonds. The number of alkyl carbamates (subject to hydrolysis) is 1. The highest BCUT2D eigenvalue weighted by Gasteiger charge is 2.36. The van der Waals surface area contributed by atoms with Crippen LogP contribution in [0.4, 0.5) is 10.5 Å². The number of nitrogens with zero attached hydrogens (tertiary/aromatic N) is 1. The summed E-state index contributed by atoms with van der Waals surface area (Å²) in [5, 5.41) is 16.0. The molecule has 0 saturated carbocycles. The second-order valence-electron chi connectivity index (χ2n) is 10.9. The Kier molecular flexibility index (Phi) is 13.3. The third-order valence-electron chi connectivity index (χ3n) is 6.28. The van der Waals surface area contributed by atoms with Crippen LogP contribution >= 0.6 is 11.8 Å². The van der Waals surface area contributed by atoms with Crippen LogP contribution in [0.25, 0.3) is 0 Å². The summed E-state index contributed by atoms with van der Waals surface area (Å²) < 4.78 is 5.45. The molecule has 220 valence electrons. The van der Waals surface area contributed by atoms with Gasteiger partial charge in [-0.3, -0.25) is 9.59 Å². The summed E-state index contributed by atoms with van der Waals surface area (Å²) in [6.07, 6.45) is 5.22. The standard InChI is InChI=1S/C31H45N3O5S/c1-7-8-9-12-19-34(29(37)26(18-20-40-6)33-30(38)39-31(3,4)5)27(23-15-13-16-24(35)21-23)28(36)32-25-17-11-10-14-22(25)2/h10-11,13-17,21,26-27,35H,7-9,12,18-20H2,1-6H3,(H,32,36)(H,33,38). The number of hydrogen-bond donors (Lipinski definition) is 3. The summed E-state index contributed by atoms with van der Waals surface area (Å²) in [5.74, 6) is -0.146. The quantitative estimate of drug-likeness (QED) is 0.225. The monoisotopic (exact) mass is 571 g/mol. The molecule has 0 bridgehead atoms. The van der Waals surface area contributed by atoms with Gasteiger partial charge in [-0.15, -0.1) is 0 Å². The van der Waals surface area contributed by atoms with Crippen LogP contribution in [0.1, 0.15) is 77.0 Å². The van der Waals surface area contributed by atoms with Gasteiger partial charge in [-0.2, -0.15) is 11.8 Å². The molecule has 0 aliphatic carbocycles. The smallest absolute Gasteiger partial charge is 0.408 e. The minimum Gasteiger partial charge on any atom is -0.508 e. The topological polar surface area (TPSA) is 108 Å². The van der Waals surface area contributed by atoms with Gasteiger partial charge in [-0.1, -0.05) is 56.5 Å². The summed E-state index contributed by atoms with van der Waals surface area (Å²) in [7, 11) is 0. The van der Waals surface area contributed by atoms with Crippen molar-refractivity contribution in [2.24, 2.45) is 0 Å². The number of anilines is 1.